The highest BCUT2D eigenvalue weighted by atomic mass is 32.2. The lowest BCUT2D eigenvalue weighted by Crippen LogP contribution is -2.36. The van der Waals surface area contributed by atoms with E-state index < -0.39 is 28.6 Å². The van der Waals surface area contributed by atoms with Crippen molar-refractivity contribution in [3.63, 3.8) is 0 Å². The molecule has 0 aliphatic heterocycles. The predicted octanol–water partition coefficient (Wildman–Crippen LogP) is -0.528. The fourth-order valence-electron chi connectivity index (χ4n) is 0.763. The zero-order chi connectivity index (χ0) is 11.5. The van der Waals surface area contributed by atoms with E-state index in [1.165, 1.54) is 6.07 Å². The zero-order valence-electron chi connectivity index (χ0n) is 7.45. The smallest absolute Gasteiger partial charge is 0.333 e. The highest BCUT2D eigenvalue weighted by molar-refractivity contribution is 7.91. The standard InChI is InChI=1S/C7H9NO5S2/c9-5(7(10)11)4-8-15(12,13)6-2-1-3-14-6/h1-3,5,8-9H,4H2,(H,10,11). The summed E-state index contributed by atoms with van der Waals surface area (Å²) >= 11 is 1.01. The number of aliphatic carboxylic acids is 1. The van der Waals surface area contributed by atoms with Gasteiger partial charge in [-0.15, -0.1) is 11.3 Å². The van der Waals surface area contributed by atoms with Gasteiger partial charge in [0.05, 0.1) is 0 Å². The molecule has 1 heterocycles. The topological polar surface area (TPSA) is 104 Å². The van der Waals surface area contributed by atoms with E-state index in [1.54, 1.807) is 11.4 Å². The summed E-state index contributed by atoms with van der Waals surface area (Å²) in [5.74, 6) is -1.47. The molecule has 0 saturated heterocycles. The van der Waals surface area contributed by atoms with Gasteiger partial charge in [-0.3, -0.25) is 0 Å². The van der Waals surface area contributed by atoms with E-state index in [2.05, 4.69) is 0 Å². The summed E-state index contributed by atoms with van der Waals surface area (Å²) in [5.41, 5.74) is 0. The average Bonchev–Trinajstić information content (AvgIpc) is 2.67. The van der Waals surface area contributed by atoms with Gasteiger partial charge in [-0.2, -0.15) is 0 Å². The monoisotopic (exact) mass is 251 g/mol. The Kier molecular flexibility index (Phi) is 3.80. The van der Waals surface area contributed by atoms with Gasteiger partial charge in [0.15, 0.2) is 6.10 Å². The lowest BCUT2D eigenvalue weighted by atomic mass is 10.4. The van der Waals surface area contributed by atoms with Crippen LogP contribution in [-0.2, 0) is 14.8 Å². The van der Waals surface area contributed by atoms with E-state index in [0.29, 0.717) is 0 Å². The Bertz CT molecular complexity index is 424. The minimum atomic E-state index is -3.70. The largest absolute Gasteiger partial charge is 0.479 e. The molecule has 1 unspecified atom stereocenters. The summed E-state index contributed by atoms with van der Waals surface area (Å²) in [6.07, 6.45) is -1.74. The maximum absolute atomic E-state index is 11.4. The first kappa shape index (κ1) is 12.1. The molecule has 84 valence electrons. The van der Waals surface area contributed by atoms with Crippen molar-refractivity contribution < 1.29 is 23.4 Å². The van der Waals surface area contributed by atoms with Gasteiger partial charge in [0.2, 0.25) is 10.0 Å². The Morgan fingerprint density at radius 3 is 2.73 bits per heavy atom. The van der Waals surface area contributed by atoms with Crippen LogP contribution in [0.15, 0.2) is 21.7 Å². The van der Waals surface area contributed by atoms with Crippen LogP contribution >= 0.6 is 11.3 Å². The van der Waals surface area contributed by atoms with Crippen molar-refractivity contribution in [2.45, 2.75) is 10.3 Å². The van der Waals surface area contributed by atoms with Gasteiger partial charge in [0.25, 0.3) is 0 Å². The van der Waals surface area contributed by atoms with Crippen LogP contribution in [0.3, 0.4) is 0 Å². The number of thiophene rings is 1. The fourth-order valence-corrected chi connectivity index (χ4v) is 2.84. The molecule has 0 fully saturated rings. The number of carboxylic acid groups (broad SMARTS) is 1. The molecule has 0 radical (unpaired) electrons. The van der Waals surface area contributed by atoms with Crippen LogP contribution in [0.1, 0.15) is 0 Å². The van der Waals surface area contributed by atoms with Crippen molar-refractivity contribution in [3.8, 4) is 0 Å². The van der Waals surface area contributed by atoms with Crippen LogP contribution in [0.25, 0.3) is 0 Å². The first-order valence-electron chi connectivity index (χ1n) is 3.87. The minimum absolute atomic E-state index is 0.0834. The van der Waals surface area contributed by atoms with E-state index >= 15 is 0 Å². The molecular weight excluding hydrogens is 242 g/mol. The molecule has 1 aromatic heterocycles. The van der Waals surface area contributed by atoms with Crippen LogP contribution in [0, 0.1) is 0 Å². The van der Waals surface area contributed by atoms with E-state index in [-0.39, 0.29) is 4.21 Å². The molecule has 6 nitrogen and oxygen atoms in total. The van der Waals surface area contributed by atoms with Gasteiger partial charge in [-0.25, -0.2) is 17.9 Å². The third-order valence-electron chi connectivity index (χ3n) is 1.51. The first-order valence-corrected chi connectivity index (χ1v) is 6.24. The number of aliphatic hydroxyl groups is 1. The molecule has 0 aromatic carbocycles. The van der Waals surface area contributed by atoms with Crippen molar-refractivity contribution in [1.82, 2.24) is 4.72 Å². The van der Waals surface area contributed by atoms with E-state index in [4.69, 9.17) is 10.2 Å². The van der Waals surface area contributed by atoms with Gasteiger partial charge in [-0.1, -0.05) is 6.07 Å². The molecule has 0 bridgehead atoms. The van der Waals surface area contributed by atoms with Gasteiger partial charge >= 0.3 is 5.97 Å². The van der Waals surface area contributed by atoms with Gasteiger partial charge in [-0.05, 0) is 11.4 Å². The van der Waals surface area contributed by atoms with Crippen molar-refractivity contribution in [1.29, 1.82) is 0 Å². The number of rotatable bonds is 5. The molecule has 1 rings (SSSR count). The molecule has 0 aliphatic rings. The molecule has 0 aliphatic carbocycles. The van der Waals surface area contributed by atoms with Crippen LogP contribution < -0.4 is 4.72 Å². The van der Waals surface area contributed by atoms with Crippen molar-refractivity contribution in [3.05, 3.63) is 17.5 Å². The Hall–Kier alpha value is -0.960. The predicted molar refractivity (Wildman–Crippen MR) is 53.2 cm³/mol. The summed E-state index contributed by atoms with van der Waals surface area (Å²) in [5, 5.41) is 18.8. The molecule has 0 amide bonds. The molecule has 8 heteroatoms. The Balaban J connectivity index is 2.63. The average molecular weight is 251 g/mol. The number of carbonyl (C=O) groups is 1. The summed E-state index contributed by atoms with van der Waals surface area (Å²) in [6.45, 7) is -0.546. The van der Waals surface area contributed by atoms with Crippen molar-refractivity contribution in [2.24, 2.45) is 0 Å². The SMILES string of the molecule is O=C(O)C(O)CNS(=O)(=O)c1cccs1. The Morgan fingerprint density at radius 2 is 2.27 bits per heavy atom. The zero-order valence-corrected chi connectivity index (χ0v) is 9.09. The fraction of sp³-hybridized carbons (Fsp3) is 0.286. The molecule has 0 spiro atoms. The van der Waals surface area contributed by atoms with E-state index in [9.17, 15) is 13.2 Å². The second-order valence-electron chi connectivity index (χ2n) is 2.64. The highest BCUT2D eigenvalue weighted by Gasteiger charge is 2.19. The van der Waals surface area contributed by atoms with Crippen LogP contribution in [-0.4, -0.2) is 37.2 Å². The van der Waals surface area contributed by atoms with Gasteiger partial charge < -0.3 is 10.2 Å². The molecule has 0 saturated carbocycles. The van der Waals surface area contributed by atoms with Crippen molar-refractivity contribution >= 4 is 27.3 Å². The number of carboxylic acids is 1. The Labute approximate surface area is 90.2 Å². The maximum Gasteiger partial charge on any atom is 0.333 e. The minimum Gasteiger partial charge on any atom is -0.479 e. The third-order valence-corrected chi connectivity index (χ3v) is 4.33. The van der Waals surface area contributed by atoms with E-state index in [0.717, 1.165) is 11.3 Å². The van der Waals surface area contributed by atoms with Crippen LogP contribution in [0.4, 0.5) is 0 Å². The molecule has 1 aromatic rings. The number of sulfonamides is 1. The summed E-state index contributed by atoms with van der Waals surface area (Å²) < 4.78 is 24.9. The Morgan fingerprint density at radius 1 is 1.60 bits per heavy atom. The number of aliphatic hydroxyl groups excluding tert-OH is 1. The number of hydrogen-bond acceptors (Lipinski definition) is 5. The summed E-state index contributed by atoms with van der Waals surface area (Å²) in [7, 11) is -3.70. The second-order valence-corrected chi connectivity index (χ2v) is 5.58. The maximum atomic E-state index is 11.4. The summed E-state index contributed by atoms with van der Waals surface area (Å²) in [6, 6.07) is 2.95. The molecule has 3 N–H and O–H groups in total. The van der Waals surface area contributed by atoms with Crippen molar-refractivity contribution in [2.75, 3.05) is 6.54 Å². The third kappa shape index (κ3) is 3.27. The quantitative estimate of drug-likeness (QED) is 0.652. The molecular formula is C7H9NO5S2. The van der Waals surface area contributed by atoms with Gasteiger partial charge in [0, 0.05) is 6.54 Å². The first-order chi connectivity index (χ1) is 6.93. The van der Waals surface area contributed by atoms with Gasteiger partial charge in [0.1, 0.15) is 4.21 Å². The number of hydrogen-bond donors (Lipinski definition) is 3. The second kappa shape index (κ2) is 4.71. The van der Waals surface area contributed by atoms with E-state index in [1.807, 2.05) is 4.72 Å². The summed E-state index contributed by atoms with van der Waals surface area (Å²) in [4.78, 5) is 10.2. The lowest BCUT2D eigenvalue weighted by molar-refractivity contribution is -0.146. The van der Waals surface area contributed by atoms with Crippen LogP contribution in [0.5, 0.6) is 0 Å². The molecule has 15 heavy (non-hydrogen) atoms. The van der Waals surface area contributed by atoms with Crippen LogP contribution in [0.2, 0.25) is 0 Å². The molecule has 1 atom stereocenters. The lowest BCUT2D eigenvalue weighted by Gasteiger charge is -2.06. The highest BCUT2D eigenvalue weighted by Crippen LogP contribution is 2.14. The normalized spacial score (nSPS) is 13.7. The number of nitrogens with one attached hydrogen (secondary N) is 1.